The van der Waals surface area contributed by atoms with Gasteiger partial charge in [0.15, 0.2) is 16.8 Å². The van der Waals surface area contributed by atoms with Crippen LogP contribution in [0.3, 0.4) is 0 Å². The van der Waals surface area contributed by atoms with E-state index >= 15 is 0 Å². The predicted molar refractivity (Wildman–Crippen MR) is 139 cm³/mol. The summed E-state index contributed by atoms with van der Waals surface area (Å²) in [5.41, 5.74) is 11.0. The van der Waals surface area contributed by atoms with Crippen molar-refractivity contribution in [3.8, 4) is 0 Å². The SMILES string of the molecule is NC(N)=NCCCCCCNc1nc(=S)c2ncn([C@@H]3O[C@H](COP(=O)([O-])OP(=O)([O-])OP(=O)([O-])O)[C@H](O)C3O)c2[nH]1. The Hall–Kier alpha value is -1.87. The number of phosphoric acid groups is 3. The fraction of sp³-hybridized carbons (Fsp3) is 0.647. The third-order valence-electron chi connectivity index (χ3n) is 5.53. The molecular weight excluding hydrogens is 649 g/mol. The molecule has 42 heavy (non-hydrogen) atoms. The average Bonchev–Trinajstić information content (AvgIpc) is 3.38. The van der Waals surface area contributed by atoms with Gasteiger partial charge in [-0.15, -0.1) is 0 Å². The Labute approximate surface area is 242 Å². The molecule has 0 bridgehead atoms. The van der Waals surface area contributed by atoms with E-state index in [0.29, 0.717) is 13.1 Å². The van der Waals surface area contributed by atoms with Crippen molar-refractivity contribution in [2.75, 3.05) is 25.0 Å². The van der Waals surface area contributed by atoms with Gasteiger partial charge in [-0.3, -0.25) is 23.3 Å². The monoisotopic (exact) mass is 677 g/mol. The number of unbranched alkanes of at least 4 members (excludes halogenated alkanes) is 3. The molecular formula is C17H28N8O13P3S-3. The summed E-state index contributed by atoms with van der Waals surface area (Å²) in [6.45, 7) is -0.00285. The van der Waals surface area contributed by atoms with E-state index < -0.39 is 54.6 Å². The number of nitrogens with two attached hydrogens (primary N) is 2. The van der Waals surface area contributed by atoms with E-state index in [9.17, 15) is 38.6 Å². The molecule has 3 heterocycles. The van der Waals surface area contributed by atoms with Gasteiger partial charge in [-0.05, 0) is 12.8 Å². The molecule has 0 amide bonds. The first kappa shape index (κ1) is 34.6. The molecule has 3 rings (SSSR count). The summed E-state index contributed by atoms with van der Waals surface area (Å²) in [5, 5.41) is 24.1. The van der Waals surface area contributed by atoms with Crippen LogP contribution in [-0.2, 0) is 31.6 Å². The molecule has 0 spiro atoms. The van der Waals surface area contributed by atoms with E-state index in [1.54, 1.807) is 0 Å². The van der Waals surface area contributed by atoms with Crippen LogP contribution in [-0.4, -0.2) is 78.6 Å². The summed E-state index contributed by atoms with van der Waals surface area (Å²) < 4.78 is 51.7. The number of aromatic amines is 1. The Morgan fingerprint density at radius 3 is 2.50 bits per heavy atom. The van der Waals surface area contributed by atoms with Gasteiger partial charge in [0.2, 0.25) is 5.95 Å². The van der Waals surface area contributed by atoms with Crippen molar-refractivity contribution in [1.82, 2.24) is 19.5 Å². The molecule has 0 aliphatic carbocycles. The average molecular weight is 677 g/mol. The molecule has 9 N–H and O–H groups in total. The largest absolute Gasteiger partial charge is 0.756 e. The van der Waals surface area contributed by atoms with Crippen molar-refractivity contribution in [2.45, 2.75) is 50.2 Å². The van der Waals surface area contributed by atoms with Gasteiger partial charge in [-0.1, -0.05) is 25.1 Å². The second-order valence-corrected chi connectivity index (χ2v) is 13.4. The molecule has 0 radical (unpaired) electrons. The number of aliphatic hydroxyl groups excluding tert-OH is 2. The van der Waals surface area contributed by atoms with Gasteiger partial charge in [0.05, 0.1) is 12.9 Å². The summed E-state index contributed by atoms with van der Waals surface area (Å²) in [6, 6.07) is 0. The van der Waals surface area contributed by atoms with Gasteiger partial charge in [-0.25, -0.2) is 18.6 Å². The number of ether oxygens (including phenoxy) is 1. The lowest BCUT2D eigenvalue weighted by atomic mass is 10.1. The summed E-state index contributed by atoms with van der Waals surface area (Å²) in [6.07, 6.45) is -1.70. The highest BCUT2D eigenvalue weighted by Gasteiger charge is 2.45. The van der Waals surface area contributed by atoms with Crippen LogP contribution in [0.4, 0.5) is 5.95 Å². The minimum Gasteiger partial charge on any atom is -0.756 e. The van der Waals surface area contributed by atoms with Crippen LogP contribution in [0.1, 0.15) is 31.9 Å². The predicted octanol–water partition coefficient (Wildman–Crippen LogP) is -2.20. The van der Waals surface area contributed by atoms with E-state index in [2.05, 4.69) is 38.4 Å². The van der Waals surface area contributed by atoms with Crippen molar-refractivity contribution < 1.29 is 61.4 Å². The number of anilines is 1. The maximum Gasteiger partial charge on any atom is 0.280 e. The second kappa shape index (κ2) is 14.3. The Morgan fingerprint density at radius 1 is 1.14 bits per heavy atom. The van der Waals surface area contributed by atoms with E-state index in [0.717, 1.165) is 25.7 Å². The van der Waals surface area contributed by atoms with Gasteiger partial charge in [0, 0.05) is 13.1 Å². The van der Waals surface area contributed by atoms with E-state index in [-0.39, 0.29) is 27.7 Å². The zero-order valence-electron chi connectivity index (χ0n) is 21.5. The minimum atomic E-state index is -6.11. The first-order valence-corrected chi connectivity index (χ1v) is 16.8. The van der Waals surface area contributed by atoms with Crippen molar-refractivity contribution >= 4 is 58.8 Å². The number of fused-ring (bicyclic) bond motifs is 1. The molecule has 2 aromatic rings. The fourth-order valence-corrected chi connectivity index (χ4v) is 6.90. The van der Waals surface area contributed by atoms with Crippen LogP contribution >= 0.6 is 35.7 Å². The van der Waals surface area contributed by atoms with Crippen molar-refractivity contribution in [2.24, 2.45) is 16.5 Å². The van der Waals surface area contributed by atoms with Crippen LogP contribution in [0.15, 0.2) is 11.3 Å². The van der Waals surface area contributed by atoms with E-state index in [1.807, 2.05) is 0 Å². The maximum atomic E-state index is 11.8. The molecule has 2 aromatic heterocycles. The highest BCUT2D eigenvalue weighted by molar-refractivity contribution is 7.71. The molecule has 1 fully saturated rings. The molecule has 238 valence electrons. The molecule has 1 aliphatic rings. The zero-order valence-corrected chi connectivity index (χ0v) is 25.0. The molecule has 1 aliphatic heterocycles. The number of hydrogen-bond acceptors (Lipinski definition) is 17. The van der Waals surface area contributed by atoms with Gasteiger partial charge in [-0.2, -0.15) is 0 Å². The van der Waals surface area contributed by atoms with Crippen molar-refractivity contribution in [3.05, 3.63) is 11.0 Å². The first-order chi connectivity index (χ1) is 19.5. The molecule has 21 nitrogen and oxygen atoms in total. The Kier molecular flexibility index (Phi) is 11.8. The van der Waals surface area contributed by atoms with Crippen LogP contribution in [0, 0.1) is 4.64 Å². The summed E-state index contributed by atoms with van der Waals surface area (Å²) in [5.74, 6) is 0.325. The van der Waals surface area contributed by atoms with Gasteiger partial charge < -0.3 is 60.8 Å². The smallest absolute Gasteiger partial charge is 0.280 e. The van der Waals surface area contributed by atoms with Gasteiger partial charge in [0.25, 0.3) is 23.5 Å². The maximum absolute atomic E-state index is 11.8. The lowest BCUT2D eigenvalue weighted by molar-refractivity contribution is -0.250. The number of nitrogens with one attached hydrogen (secondary N) is 2. The number of H-pyrrole nitrogens is 1. The number of phosphoric ester groups is 1. The standard InChI is InChI=1S/C17H31N8O13P3S/c18-16(19)20-5-3-1-2-4-6-21-17-23-13-10(14(42)24-17)22-8-25(13)15-12(27)11(26)9(36-15)7-35-40(31,32)38-41(33,34)37-39(28,29)30/h8-9,11-12,15,26-27H,1-7H2,(H,31,32)(H,33,34)(H4,18,19,20)(H2,28,29,30)(H2,21,23,24,42)/p-3/t9-,11+,12?,15-/m1/s1. The van der Waals surface area contributed by atoms with Crippen molar-refractivity contribution in [3.63, 3.8) is 0 Å². The number of guanidine groups is 1. The summed E-state index contributed by atoms with van der Waals surface area (Å²) in [4.78, 5) is 57.4. The minimum absolute atomic E-state index is 0.0459. The van der Waals surface area contributed by atoms with Crippen LogP contribution in [0.2, 0.25) is 0 Å². The third-order valence-corrected chi connectivity index (χ3v) is 9.51. The highest BCUT2D eigenvalue weighted by atomic mass is 32.1. The number of aliphatic hydroxyl groups is 2. The van der Waals surface area contributed by atoms with Crippen LogP contribution in [0.25, 0.3) is 11.2 Å². The Bertz CT molecular complexity index is 1460. The lowest BCUT2D eigenvalue weighted by Gasteiger charge is -2.33. The Balaban J connectivity index is 1.62. The number of aliphatic imine (C=N–C) groups is 1. The third kappa shape index (κ3) is 10.1. The molecule has 0 aromatic carbocycles. The summed E-state index contributed by atoms with van der Waals surface area (Å²) >= 11 is 5.29. The molecule has 1 saturated heterocycles. The van der Waals surface area contributed by atoms with Crippen LogP contribution in [0.5, 0.6) is 0 Å². The first-order valence-electron chi connectivity index (χ1n) is 12.0. The second-order valence-electron chi connectivity index (χ2n) is 8.76. The molecule has 7 atom stereocenters. The normalized spacial score (nSPS) is 25.0. The molecule has 0 saturated carbocycles. The quantitative estimate of drug-likeness (QED) is 0.0326. The van der Waals surface area contributed by atoms with Crippen molar-refractivity contribution in [1.29, 1.82) is 0 Å². The zero-order chi connectivity index (χ0) is 31.3. The number of rotatable bonds is 16. The molecule has 4 unspecified atom stereocenters. The highest BCUT2D eigenvalue weighted by Crippen LogP contribution is 2.61. The lowest BCUT2D eigenvalue weighted by Crippen LogP contribution is -2.34. The van der Waals surface area contributed by atoms with E-state index in [1.165, 1.54) is 10.9 Å². The fourth-order valence-electron chi connectivity index (χ4n) is 3.77. The van der Waals surface area contributed by atoms with E-state index in [4.69, 9.17) is 33.3 Å². The van der Waals surface area contributed by atoms with Crippen LogP contribution < -0.4 is 31.5 Å². The molecule has 25 heteroatoms. The number of hydrogen-bond donors (Lipinski definition) is 7. The number of imidazole rings is 1. The van der Waals surface area contributed by atoms with Gasteiger partial charge >= 0.3 is 0 Å². The summed E-state index contributed by atoms with van der Waals surface area (Å²) in [7, 11) is -17.9. The Morgan fingerprint density at radius 2 is 1.83 bits per heavy atom. The van der Waals surface area contributed by atoms with Gasteiger partial charge in [0.1, 0.15) is 29.5 Å². The number of nitrogens with zero attached hydrogens (tertiary/aromatic N) is 4. The number of aromatic nitrogens is 4. The topological polar surface area (TPSA) is 341 Å².